The lowest BCUT2D eigenvalue weighted by atomic mass is 10.00. The highest BCUT2D eigenvalue weighted by molar-refractivity contribution is 5.86. The van der Waals surface area contributed by atoms with Crippen LogP contribution < -0.4 is 16.8 Å². The first-order valence-corrected chi connectivity index (χ1v) is 5.35. The summed E-state index contributed by atoms with van der Waals surface area (Å²) in [5.74, 6) is -0.396. The lowest BCUT2D eigenvalue weighted by Gasteiger charge is -2.16. The fourth-order valence-electron chi connectivity index (χ4n) is 1.93. The van der Waals surface area contributed by atoms with Gasteiger partial charge >= 0.3 is 0 Å². The van der Waals surface area contributed by atoms with Gasteiger partial charge < -0.3 is 16.8 Å². The highest BCUT2D eigenvalue weighted by Gasteiger charge is 2.26. The number of nitrogens with one attached hydrogen (secondary N) is 1. The van der Waals surface area contributed by atoms with Gasteiger partial charge in [0.1, 0.15) is 6.04 Å². The highest BCUT2D eigenvalue weighted by Crippen LogP contribution is 2.26. The first-order chi connectivity index (χ1) is 7.00. The lowest BCUT2D eigenvalue weighted by molar-refractivity contribution is -0.127. The molecule has 0 spiro atoms. The van der Waals surface area contributed by atoms with Crippen molar-refractivity contribution in [2.24, 2.45) is 17.4 Å². The molecule has 86 valence electrons. The first kappa shape index (κ1) is 12.0. The van der Waals surface area contributed by atoms with Crippen molar-refractivity contribution in [3.63, 3.8) is 0 Å². The van der Waals surface area contributed by atoms with Crippen LogP contribution in [-0.2, 0) is 9.59 Å². The number of amides is 2. The van der Waals surface area contributed by atoms with Gasteiger partial charge in [0.25, 0.3) is 0 Å². The molecule has 15 heavy (non-hydrogen) atoms. The molecule has 1 rings (SSSR count). The molecule has 0 heterocycles. The average molecular weight is 213 g/mol. The van der Waals surface area contributed by atoms with E-state index in [1.165, 1.54) is 0 Å². The predicted octanol–water partition coefficient (Wildman–Crippen LogP) is -0.506. The van der Waals surface area contributed by atoms with E-state index >= 15 is 0 Å². The fraction of sp³-hybridized carbons (Fsp3) is 0.800. The van der Waals surface area contributed by atoms with Crippen molar-refractivity contribution >= 4 is 11.8 Å². The molecule has 0 bridgehead atoms. The maximum atomic E-state index is 11.5. The molecule has 5 nitrogen and oxygen atoms in total. The van der Waals surface area contributed by atoms with Crippen molar-refractivity contribution in [3.8, 4) is 0 Å². The van der Waals surface area contributed by atoms with Gasteiger partial charge in [-0.2, -0.15) is 0 Å². The van der Waals surface area contributed by atoms with Crippen LogP contribution in [0.2, 0.25) is 0 Å². The molecular weight excluding hydrogens is 194 g/mol. The quantitative estimate of drug-likeness (QED) is 0.586. The van der Waals surface area contributed by atoms with Crippen LogP contribution in [0, 0.1) is 5.92 Å². The van der Waals surface area contributed by atoms with Crippen LogP contribution in [0.1, 0.15) is 32.6 Å². The van der Waals surface area contributed by atoms with Crippen molar-refractivity contribution in [1.29, 1.82) is 0 Å². The van der Waals surface area contributed by atoms with Gasteiger partial charge in [-0.05, 0) is 25.7 Å². The molecule has 0 aromatic carbocycles. The van der Waals surface area contributed by atoms with Gasteiger partial charge in [0.05, 0.1) is 0 Å². The Labute approximate surface area is 89.6 Å². The second-order valence-electron chi connectivity index (χ2n) is 4.25. The summed E-state index contributed by atoms with van der Waals surface area (Å²) in [6.07, 6.45) is 3.48. The summed E-state index contributed by atoms with van der Waals surface area (Å²) >= 11 is 0. The second-order valence-corrected chi connectivity index (χ2v) is 4.25. The Morgan fingerprint density at radius 2 is 2.13 bits per heavy atom. The molecule has 1 aliphatic carbocycles. The minimum absolute atomic E-state index is 0.125. The van der Waals surface area contributed by atoms with Crippen molar-refractivity contribution in [1.82, 2.24) is 5.32 Å². The highest BCUT2D eigenvalue weighted by atomic mass is 16.2. The molecule has 1 fully saturated rings. The second kappa shape index (κ2) is 5.11. The third kappa shape index (κ3) is 3.51. The number of rotatable bonds is 4. The smallest absolute Gasteiger partial charge is 0.239 e. The van der Waals surface area contributed by atoms with E-state index in [9.17, 15) is 9.59 Å². The predicted molar refractivity (Wildman–Crippen MR) is 56.7 cm³/mol. The number of primary amides is 1. The Morgan fingerprint density at radius 3 is 2.60 bits per heavy atom. The Kier molecular flexibility index (Phi) is 4.08. The van der Waals surface area contributed by atoms with E-state index in [0.29, 0.717) is 6.42 Å². The van der Waals surface area contributed by atoms with Crippen LogP contribution in [0.5, 0.6) is 0 Å². The fourth-order valence-corrected chi connectivity index (χ4v) is 1.93. The SMILES string of the molecule is C[C@H](NC(=O)C[C@@H]1CCC[C@H]1N)C(N)=O. The molecule has 0 aliphatic heterocycles. The van der Waals surface area contributed by atoms with Gasteiger partial charge in [-0.1, -0.05) is 6.42 Å². The third-order valence-electron chi connectivity index (χ3n) is 2.97. The van der Waals surface area contributed by atoms with E-state index < -0.39 is 11.9 Å². The molecule has 1 aliphatic rings. The van der Waals surface area contributed by atoms with Gasteiger partial charge in [0.15, 0.2) is 0 Å². The zero-order valence-corrected chi connectivity index (χ0v) is 9.03. The zero-order chi connectivity index (χ0) is 11.4. The molecule has 5 N–H and O–H groups in total. The summed E-state index contributed by atoms with van der Waals surface area (Å²) in [5, 5.41) is 2.56. The van der Waals surface area contributed by atoms with Crippen molar-refractivity contribution < 1.29 is 9.59 Å². The van der Waals surface area contributed by atoms with Crippen LogP contribution in [0.15, 0.2) is 0 Å². The Morgan fingerprint density at radius 1 is 1.47 bits per heavy atom. The largest absolute Gasteiger partial charge is 0.368 e. The van der Waals surface area contributed by atoms with Crippen molar-refractivity contribution in [2.75, 3.05) is 0 Å². The average Bonchev–Trinajstić information content (AvgIpc) is 2.51. The van der Waals surface area contributed by atoms with Crippen LogP contribution in [0.3, 0.4) is 0 Å². The van der Waals surface area contributed by atoms with E-state index in [1.807, 2.05) is 0 Å². The monoisotopic (exact) mass is 213 g/mol. The van der Waals surface area contributed by atoms with Crippen molar-refractivity contribution in [3.05, 3.63) is 0 Å². The minimum atomic E-state index is -0.602. The summed E-state index contributed by atoms with van der Waals surface area (Å²) in [5.41, 5.74) is 10.9. The maximum Gasteiger partial charge on any atom is 0.239 e. The Balaban J connectivity index is 2.32. The van der Waals surface area contributed by atoms with Crippen LogP contribution >= 0.6 is 0 Å². The Hall–Kier alpha value is -1.10. The molecule has 2 amide bonds. The van der Waals surface area contributed by atoms with E-state index in [0.717, 1.165) is 19.3 Å². The van der Waals surface area contributed by atoms with Crippen LogP contribution in [0.25, 0.3) is 0 Å². The first-order valence-electron chi connectivity index (χ1n) is 5.35. The van der Waals surface area contributed by atoms with E-state index in [1.54, 1.807) is 6.92 Å². The van der Waals surface area contributed by atoms with Crippen LogP contribution in [-0.4, -0.2) is 23.9 Å². The molecule has 0 unspecified atom stereocenters. The molecular formula is C10H19N3O2. The normalized spacial score (nSPS) is 27.3. The summed E-state index contributed by atoms with van der Waals surface area (Å²) in [7, 11) is 0. The molecule has 3 atom stereocenters. The Bertz CT molecular complexity index is 255. The summed E-state index contributed by atoms with van der Waals surface area (Å²) < 4.78 is 0. The van der Waals surface area contributed by atoms with Crippen molar-refractivity contribution in [2.45, 2.75) is 44.7 Å². The topological polar surface area (TPSA) is 98.2 Å². The molecule has 0 radical (unpaired) electrons. The lowest BCUT2D eigenvalue weighted by Crippen LogP contribution is -2.43. The summed E-state index contributed by atoms with van der Waals surface area (Å²) in [4.78, 5) is 22.2. The maximum absolute atomic E-state index is 11.5. The number of hydrogen-bond acceptors (Lipinski definition) is 3. The van der Waals surface area contributed by atoms with Gasteiger partial charge in [-0.15, -0.1) is 0 Å². The molecule has 0 aromatic rings. The van der Waals surface area contributed by atoms with Gasteiger partial charge in [-0.3, -0.25) is 9.59 Å². The third-order valence-corrected chi connectivity index (χ3v) is 2.97. The number of carbonyl (C=O) groups excluding carboxylic acids is 2. The summed E-state index contributed by atoms with van der Waals surface area (Å²) in [6.45, 7) is 1.58. The number of nitrogens with two attached hydrogens (primary N) is 2. The zero-order valence-electron chi connectivity index (χ0n) is 9.03. The van der Waals surface area contributed by atoms with E-state index in [2.05, 4.69) is 5.32 Å². The number of carbonyl (C=O) groups is 2. The van der Waals surface area contributed by atoms with Gasteiger partial charge in [-0.25, -0.2) is 0 Å². The molecule has 1 saturated carbocycles. The van der Waals surface area contributed by atoms with E-state index in [4.69, 9.17) is 11.5 Å². The molecule has 5 heteroatoms. The summed E-state index contributed by atoms with van der Waals surface area (Å²) in [6, 6.07) is -0.477. The van der Waals surface area contributed by atoms with Crippen LogP contribution in [0.4, 0.5) is 0 Å². The standard InChI is InChI=1S/C10H19N3O2/c1-6(10(12)15)13-9(14)5-7-3-2-4-8(7)11/h6-8H,2-5,11H2,1H3,(H2,12,15)(H,13,14)/t6-,7-,8+/m0/s1. The van der Waals surface area contributed by atoms with E-state index in [-0.39, 0.29) is 17.9 Å². The van der Waals surface area contributed by atoms with Gasteiger partial charge in [0.2, 0.25) is 11.8 Å². The number of hydrogen-bond donors (Lipinski definition) is 3. The minimum Gasteiger partial charge on any atom is -0.368 e. The van der Waals surface area contributed by atoms with Gasteiger partial charge in [0, 0.05) is 12.5 Å². The molecule has 0 aromatic heterocycles. The molecule has 0 saturated heterocycles.